The lowest BCUT2D eigenvalue weighted by Gasteiger charge is -2.61. The first-order chi connectivity index (χ1) is 7.21. The Morgan fingerprint density at radius 2 is 0.588 bits per heavy atom. The van der Waals surface area contributed by atoms with Gasteiger partial charge in [0.2, 0.25) is 0 Å². The van der Waals surface area contributed by atoms with Gasteiger partial charge >= 0.3 is 0 Å². The third kappa shape index (κ3) is 1.07. The van der Waals surface area contributed by atoms with Crippen molar-refractivity contribution in [3.05, 3.63) is 0 Å². The Morgan fingerprint density at radius 1 is 0.412 bits per heavy atom. The molecule has 1 N–H and O–H groups in total. The highest BCUT2D eigenvalue weighted by Gasteiger charge is 2.86. The molecule has 17 heavy (non-hydrogen) atoms. The maximum atomic E-state index is 4.57. The van der Waals surface area contributed by atoms with E-state index in [0.29, 0.717) is 0 Å². The average molecular weight is 334 g/mol. The third-order valence-electron chi connectivity index (χ3n) is 8.62. The zero-order chi connectivity index (χ0) is 13.7. The monoisotopic (exact) mass is 333 g/mol. The molecule has 2 aliphatic heterocycles. The molecule has 0 aromatic rings. The second-order valence-corrected chi connectivity index (χ2v) is 78.4. The summed E-state index contributed by atoms with van der Waals surface area (Å²) in [6.45, 7) is 28.0. The van der Waals surface area contributed by atoms with Gasteiger partial charge in [0.05, 0.1) is 14.5 Å². The summed E-state index contributed by atoms with van der Waals surface area (Å²) < 4.78 is 4.57. The molecule has 2 saturated heterocycles. The van der Waals surface area contributed by atoms with Crippen LogP contribution in [0.2, 0.25) is 65.5 Å². The van der Waals surface area contributed by atoms with E-state index in [-0.39, 0.29) is 0 Å². The van der Waals surface area contributed by atoms with Gasteiger partial charge < -0.3 is 4.65 Å². The molecule has 2 fully saturated rings. The van der Waals surface area contributed by atoms with Crippen LogP contribution in [0.15, 0.2) is 0 Å². The van der Waals surface area contributed by atoms with E-state index in [9.17, 15) is 0 Å². The van der Waals surface area contributed by atoms with Crippen molar-refractivity contribution in [3.8, 4) is 0 Å². The molecule has 7 heteroatoms. The van der Waals surface area contributed by atoms with Crippen molar-refractivity contribution in [1.29, 1.82) is 0 Å². The highest BCUT2D eigenvalue weighted by atomic mass is 30.2. The van der Waals surface area contributed by atoms with Gasteiger partial charge in [-0.1, -0.05) is 65.5 Å². The SMILES string of the molecule is C[Si]1(C)[Si](C)(C)[Si]2(C)N[Si]1(C)[Si](C)(C)[Si]2(C)C. The van der Waals surface area contributed by atoms with Gasteiger partial charge in [0.25, 0.3) is 0 Å². The molecule has 0 atom stereocenters. The van der Waals surface area contributed by atoms with Crippen LogP contribution in [0.5, 0.6) is 0 Å². The van der Waals surface area contributed by atoms with E-state index in [1.807, 2.05) is 0 Å². The average Bonchev–Trinajstić information content (AvgIpc) is 2.31. The molecule has 0 spiro atoms. The van der Waals surface area contributed by atoms with Crippen LogP contribution in [0.3, 0.4) is 0 Å². The zero-order valence-corrected chi connectivity index (χ0v) is 19.5. The first-order valence-electron chi connectivity index (χ1n) is 7.00. The Kier molecular flexibility index (Phi) is 2.69. The molecule has 0 saturated carbocycles. The first-order valence-corrected chi connectivity index (χ1v) is 30.0. The predicted octanol–water partition coefficient (Wildman–Crippen LogP) is 3.06. The van der Waals surface area contributed by atoms with Crippen molar-refractivity contribution in [1.82, 2.24) is 4.65 Å². The van der Waals surface area contributed by atoms with E-state index >= 15 is 0 Å². The standard InChI is InChI=1S/C10H31NSi6/c1-12(2)13(3,4)17(10)11-16(12,9)14(5,6)15(17,7)8/h11H,1-10H3. The summed E-state index contributed by atoms with van der Waals surface area (Å²) in [5.74, 6) is 0. The van der Waals surface area contributed by atoms with Crippen LogP contribution in [-0.2, 0) is 0 Å². The van der Waals surface area contributed by atoms with Gasteiger partial charge in [-0.05, 0) is 0 Å². The van der Waals surface area contributed by atoms with E-state index in [0.717, 1.165) is 0 Å². The largest absolute Gasteiger partial charge is 0.368 e. The van der Waals surface area contributed by atoms with Crippen molar-refractivity contribution in [2.75, 3.05) is 0 Å². The van der Waals surface area contributed by atoms with Crippen LogP contribution >= 0.6 is 0 Å². The molecular weight excluding hydrogens is 303 g/mol. The normalized spacial score (nSPS) is 48.4. The number of nitrogens with one attached hydrogen (secondary N) is 1. The fourth-order valence-corrected chi connectivity index (χ4v) is 266. The topological polar surface area (TPSA) is 12.0 Å². The van der Waals surface area contributed by atoms with Crippen LogP contribution in [0.1, 0.15) is 0 Å². The summed E-state index contributed by atoms with van der Waals surface area (Å²) >= 11 is 0. The Balaban J connectivity index is 2.79. The molecule has 0 amide bonds. The molecule has 2 heterocycles. The van der Waals surface area contributed by atoms with Crippen LogP contribution in [0.25, 0.3) is 0 Å². The lowest BCUT2D eigenvalue weighted by Crippen LogP contribution is -2.92. The number of hydrogen-bond acceptors (Lipinski definition) is 1. The first kappa shape index (κ1) is 14.7. The lowest BCUT2D eigenvalue weighted by molar-refractivity contribution is 1.48. The molecule has 0 radical (unpaired) electrons. The minimum atomic E-state index is -1.07. The third-order valence-corrected chi connectivity index (χ3v) is 159. The molecule has 0 aliphatic carbocycles. The van der Waals surface area contributed by atoms with Crippen LogP contribution < -0.4 is 4.65 Å². The quantitative estimate of drug-likeness (QED) is 0.672. The summed E-state index contributed by atoms with van der Waals surface area (Å²) in [7, 11) is -5.92. The minimum absolute atomic E-state index is 0.943. The van der Waals surface area contributed by atoms with Gasteiger partial charge in [0, 0.05) is 28.4 Å². The summed E-state index contributed by atoms with van der Waals surface area (Å²) in [5.41, 5.74) is 0. The highest BCUT2D eigenvalue weighted by Crippen LogP contribution is 2.55. The van der Waals surface area contributed by atoms with Crippen molar-refractivity contribution in [3.63, 3.8) is 0 Å². The molecule has 0 unspecified atom stereocenters. The molecule has 2 rings (SSSR count). The van der Waals surface area contributed by atoms with E-state index < -0.39 is 43.0 Å². The Bertz CT molecular complexity index is 322. The van der Waals surface area contributed by atoms with Gasteiger partial charge in [0.15, 0.2) is 0 Å². The van der Waals surface area contributed by atoms with Gasteiger partial charge in [-0.3, -0.25) is 0 Å². The second-order valence-electron chi connectivity index (χ2n) is 8.88. The van der Waals surface area contributed by atoms with E-state index in [1.54, 1.807) is 0 Å². The Morgan fingerprint density at radius 3 is 0.706 bits per heavy atom. The zero-order valence-electron chi connectivity index (χ0n) is 13.5. The van der Waals surface area contributed by atoms with Crippen molar-refractivity contribution >= 4 is 43.0 Å². The van der Waals surface area contributed by atoms with Gasteiger partial charge in [-0.15, -0.1) is 0 Å². The number of fused-ring (bicyclic) bond motifs is 2. The predicted molar refractivity (Wildman–Crippen MR) is 96.3 cm³/mol. The van der Waals surface area contributed by atoms with Crippen molar-refractivity contribution < 1.29 is 0 Å². The molecule has 1 nitrogen and oxygen atoms in total. The van der Waals surface area contributed by atoms with Crippen molar-refractivity contribution in [2.45, 2.75) is 65.5 Å². The molecule has 2 bridgehead atoms. The molecule has 100 valence electrons. The molecular formula is C10H31NSi6. The van der Waals surface area contributed by atoms with Gasteiger partial charge in [-0.2, -0.15) is 0 Å². The Labute approximate surface area is 113 Å². The van der Waals surface area contributed by atoms with Crippen LogP contribution in [0.4, 0.5) is 0 Å². The molecule has 0 aromatic heterocycles. The molecule has 0 aromatic carbocycles. The summed E-state index contributed by atoms with van der Waals surface area (Å²) in [5, 5.41) is 0. The van der Waals surface area contributed by atoms with Crippen LogP contribution in [-0.4, -0.2) is 43.0 Å². The minimum Gasteiger partial charge on any atom is -0.368 e. The van der Waals surface area contributed by atoms with Gasteiger partial charge in [-0.25, -0.2) is 0 Å². The highest BCUT2D eigenvalue weighted by molar-refractivity contribution is 8.18. The van der Waals surface area contributed by atoms with E-state index in [1.165, 1.54) is 0 Å². The van der Waals surface area contributed by atoms with Gasteiger partial charge in [0.1, 0.15) is 0 Å². The second kappa shape index (κ2) is 3.12. The lowest BCUT2D eigenvalue weighted by atomic mass is 11.9. The van der Waals surface area contributed by atoms with Crippen molar-refractivity contribution in [2.24, 2.45) is 0 Å². The summed E-state index contributed by atoms with van der Waals surface area (Å²) in [6.07, 6.45) is 0. The van der Waals surface area contributed by atoms with E-state index in [2.05, 4.69) is 70.1 Å². The van der Waals surface area contributed by atoms with Crippen LogP contribution in [0, 0.1) is 0 Å². The maximum absolute atomic E-state index is 4.57. The molecule has 2 aliphatic rings. The fraction of sp³-hybridized carbons (Fsp3) is 1.00. The maximum Gasteiger partial charge on any atom is 0.0907 e. The number of rotatable bonds is 0. The summed E-state index contributed by atoms with van der Waals surface area (Å²) in [6, 6.07) is 0. The Hall–Kier alpha value is 1.26. The fourth-order valence-electron chi connectivity index (χ4n) is 5.19. The summed E-state index contributed by atoms with van der Waals surface area (Å²) in [4.78, 5) is 0. The number of hydrogen-bond donors (Lipinski definition) is 1. The smallest absolute Gasteiger partial charge is 0.0907 e. The van der Waals surface area contributed by atoms with E-state index in [4.69, 9.17) is 0 Å².